The molecule has 5 heteroatoms. The summed E-state index contributed by atoms with van der Waals surface area (Å²) >= 11 is 5.08. The minimum Gasteiger partial charge on any atom is -0.467 e. The van der Waals surface area contributed by atoms with Crippen LogP contribution < -0.4 is 10.6 Å². The van der Waals surface area contributed by atoms with Crippen molar-refractivity contribution in [1.29, 1.82) is 0 Å². The predicted octanol–water partition coefficient (Wildman–Crippen LogP) is 3.21. The van der Waals surface area contributed by atoms with Crippen LogP contribution in [0.25, 0.3) is 0 Å². The quantitative estimate of drug-likeness (QED) is 0.835. The summed E-state index contributed by atoms with van der Waals surface area (Å²) in [7, 11) is 0. The fourth-order valence-corrected chi connectivity index (χ4v) is 1.66. The van der Waals surface area contributed by atoms with Crippen molar-refractivity contribution in [3.05, 3.63) is 53.7 Å². The van der Waals surface area contributed by atoms with Crippen molar-refractivity contribution >= 4 is 23.0 Å². The third kappa shape index (κ3) is 3.30. The minimum absolute atomic E-state index is 0.331. The molecule has 0 spiro atoms. The minimum atomic E-state index is -0.331. The van der Waals surface area contributed by atoms with E-state index < -0.39 is 0 Å². The van der Waals surface area contributed by atoms with Gasteiger partial charge in [0.15, 0.2) is 5.11 Å². The van der Waals surface area contributed by atoms with Gasteiger partial charge in [0.05, 0.1) is 18.5 Å². The average molecular weight is 264 g/mol. The summed E-state index contributed by atoms with van der Waals surface area (Å²) in [5.41, 5.74) is 1.33. The van der Waals surface area contributed by atoms with Crippen LogP contribution in [-0.2, 0) is 6.54 Å². The van der Waals surface area contributed by atoms with Crippen LogP contribution >= 0.6 is 12.2 Å². The molecule has 0 radical (unpaired) electrons. The molecular weight excluding hydrogens is 251 g/mol. The normalized spacial score (nSPS) is 10.1. The third-order valence-corrected chi connectivity index (χ3v) is 2.62. The van der Waals surface area contributed by atoms with Crippen molar-refractivity contribution < 1.29 is 8.81 Å². The largest absolute Gasteiger partial charge is 0.467 e. The molecule has 0 aliphatic heterocycles. The lowest BCUT2D eigenvalue weighted by Crippen LogP contribution is -2.28. The number of hydrogen-bond donors (Lipinski definition) is 2. The Morgan fingerprint density at radius 3 is 2.94 bits per heavy atom. The van der Waals surface area contributed by atoms with Crippen LogP contribution in [0, 0.1) is 12.7 Å². The Bertz CT molecular complexity index is 540. The molecule has 18 heavy (non-hydrogen) atoms. The van der Waals surface area contributed by atoms with E-state index in [0.29, 0.717) is 17.3 Å². The molecule has 1 aromatic heterocycles. The molecule has 94 valence electrons. The van der Waals surface area contributed by atoms with E-state index in [0.717, 1.165) is 11.3 Å². The molecule has 1 aromatic carbocycles. The Morgan fingerprint density at radius 1 is 1.39 bits per heavy atom. The average Bonchev–Trinajstić information content (AvgIpc) is 2.84. The summed E-state index contributed by atoms with van der Waals surface area (Å²) in [6.07, 6.45) is 1.59. The predicted molar refractivity (Wildman–Crippen MR) is 72.9 cm³/mol. The van der Waals surface area contributed by atoms with Crippen LogP contribution in [0.2, 0.25) is 0 Å². The lowest BCUT2D eigenvalue weighted by Gasteiger charge is -2.10. The smallest absolute Gasteiger partial charge is 0.171 e. The van der Waals surface area contributed by atoms with E-state index in [4.69, 9.17) is 16.6 Å². The molecular formula is C13H13FN2OS. The van der Waals surface area contributed by atoms with Gasteiger partial charge >= 0.3 is 0 Å². The number of furan rings is 1. The first-order valence-corrected chi connectivity index (χ1v) is 5.89. The molecule has 0 unspecified atom stereocenters. The van der Waals surface area contributed by atoms with E-state index in [1.807, 2.05) is 13.0 Å². The van der Waals surface area contributed by atoms with Gasteiger partial charge in [-0.2, -0.15) is 0 Å². The molecule has 0 bridgehead atoms. The second kappa shape index (κ2) is 5.64. The molecule has 2 aromatic rings. The van der Waals surface area contributed by atoms with Gasteiger partial charge < -0.3 is 15.1 Å². The Balaban J connectivity index is 1.92. The highest BCUT2D eigenvalue weighted by atomic mass is 32.1. The van der Waals surface area contributed by atoms with Gasteiger partial charge in [0.25, 0.3) is 0 Å². The van der Waals surface area contributed by atoms with E-state index in [9.17, 15) is 4.39 Å². The fraction of sp³-hybridized carbons (Fsp3) is 0.154. The molecule has 0 aliphatic rings. The summed E-state index contributed by atoms with van der Waals surface area (Å²) in [5, 5.41) is 6.11. The Morgan fingerprint density at radius 2 is 2.22 bits per heavy atom. The number of aryl methyl sites for hydroxylation is 1. The van der Waals surface area contributed by atoms with Crippen LogP contribution in [0.1, 0.15) is 11.3 Å². The monoisotopic (exact) mass is 264 g/mol. The maximum Gasteiger partial charge on any atom is 0.171 e. The highest BCUT2D eigenvalue weighted by Gasteiger charge is 2.04. The van der Waals surface area contributed by atoms with E-state index in [1.165, 1.54) is 6.07 Å². The molecule has 0 saturated heterocycles. The molecule has 0 atom stereocenters. The fourth-order valence-electron chi connectivity index (χ4n) is 1.48. The van der Waals surface area contributed by atoms with Crippen molar-refractivity contribution in [3.63, 3.8) is 0 Å². The van der Waals surface area contributed by atoms with Gasteiger partial charge in [-0.1, -0.05) is 6.07 Å². The first-order valence-electron chi connectivity index (χ1n) is 5.48. The lowest BCUT2D eigenvalue weighted by molar-refractivity contribution is 0.503. The van der Waals surface area contributed by atoms with Crippen LogP contribution in [0.15, 0.2) is 41.0 Å². The van der Waals surface area contributed by atoms with Gasteiger partial charge in [-0.05, 0) is 49.0 Å². The number of thiocarbonyl (C=S) groups is 1. The first kappa shape index (κ1) is 12.6. The molecule has 2 N–H and O–H groups in total. The molecule has 2 rings (SSSR count). The van der Waals surface area contributed by atoms with Gasteiger partial charge in [0, 0.05) is 0 Å². The molecule has 3 nitrogen and oxygen atoms in total. The highest BCUT2D eigenvalue weighted by molar-refractivity contribution is 7.80. The summed E-state index contributed by atoms with van der Waals surface area (Å²) in [4.78, 5) is 0. The van der Waals surface area contributed by atoms with Crippen molar-refractivity contribution in [2.45, 2.75) is 13.5 Å². The standard InChI is InChI=1S/C13H13FN2OS/c1-9-4-5-11(14)12(7-9)16-13(18)15-8-10-3-2-6-17-10/h2-7H,8H2,1H3,(H2,15,16,18). The number of benzene rings is 1. The van der Waals surface area contributed by atoms with Crippen molar-refractivity contribution in [3.8, 4) is 0 Å². The molecule has 0 amide bonds. The van der Waals surface area contributed by atoms with E-state index in [-0.39, 0.29) is 5.82 Å². The first-order chi connectivity index (χ1) is 8.65. The summed E-state index contributed by atoms with van der Waals surface area (Å²) < 4.78 is 18.6. The highest BCUT2D eigenvalue weighted by Crippen LogP contribution is 2.15. The van der Waals surface area contributed by atoms with E-state index >= 15 is 0 Å². The SMILES string of the molecule is Cc1ccc(F)c(NC(=S)NCc2ccco2)c1. The van der Waals surface area contributed by atoms with Crippen LogP contribution in [0.5, 0.6) is 0 Å². The molecule has 1 heterocycles. The zero-order valence-corrected chi connectivity index (χ0v) is 10.7. The summed E-state index contributed by atoms with van der Waals surface area (Å²) in [6, 6.07) is 8.46. The van der Waals surface area contributed by atoms with Crippen LogP contribution in [-0.4, -0.2) is 5.11 Å². The van der Waals surface area contributed by atoms with E-state index in [1.54, 1.807) is 24.5 Å². The third-order valence-electron chi connectivity index (χ3n) is 2.37. The summed E-state index contributed by atoms with van der Waals surface area (Å²) in [5.74, 6) is 0.437. The lowest BCUT2D eigenvalue weighted by atomic mass is 10.2. The summed E-state index contributed by atoms with van der Waals surface area (Å²) in [6.45, 7) is 2.36. The zero-order chi connectivity index (χ0) is 13.0. The second-order valence-corrected chi connectivity index (χ2v) is 4.28. The number of rotatable bonds is 3. The Hall–Kier alpha value is -1.88. The Kier molecular flexibility index (Phi) is 3.94. The van der Waals surface area contributed by atoms with Gasteiger partial charge in [-0.3, -0.25) is 0 Å². The van der Waals surface area contributed by atoms with Gasteiger partial charge in [0.2, 0.25) is 0 Å². The number of halogens is 1. The van der Waals surface area contributed by atoms with E-state index in [2.05, 4.69) is 10.6 Å². The number of anilines is 1. The van der Waals surface area contributed by atoms with Gasteiger partial charge in [0.1, 0.15) is 11.6 Å². The van der Waals surface area contributed by atoms with Crippen molar-refractivity contribution in [2.75, 3.05) is 5.32 Å². The zero-order valence-electron chi connectivity index (χ0n) is 9.87. The Labute approximate surface area is 110 Å². The molecule has 0 saturated carbocycles. The maximum absolute atomic E-state index is 13.5. The topological polar surface area (TPSA) is 37.2 Å². The van der Waals surface area contributed by atoms with Crippen LogP contribution in [0.4, 0.5) is 10.1 Å². The number of hydrogen-bond acceptors (Lipinski definition) is 2. The molecule has 0 aliphatic carbocycles. The van der Waals surface area contributed by atoms with Gasteiger partial charge in [-0.25, -0.2) is 4.39 Å². The number of nitrogens with one attached hydrogen (secondary N) is 2. The second-order valence-electron chi connectivity index (χ2n) is 3.87. The van der Waals surface area contributed by atoms with Crippen molar-refractivity contribution in [1.82, 2.24) is 5.32 Å². The van der Waals surface area contributed by atoms with Crippen molar-refractivity contribution in [2.24, 2.45) is 0 Å². The van der Waals surface area contributed by atoms with Crippen LogP contribution in [0.3, 0.4) is 0 Å². The maximum atomic E-state index is 13.5. The molecule has 0 fully saturated rings. The van der Waals surface area contributed by atoms with Gasteiger partial charge in [-0.15, -0.1) is 0 Å².